The zero-order valence-corrected chi connectivity index (χ0v) is 12.0. The summed E-state index contributed by atoms with van der Waals surface area (Å²) >= 11 is 0. The molecule has 110 valence electrons. The fourth-order valence-corrected chi connectivity index (χ4v) is 1.56. The standard InChI is InChI=1S/C12H18N4O4/c1-8(5-13)6-16(2)12(17)20-11-10(19-4)9(7-18-3)14-15-11/h8H,6-7H2,1-4H3,(H,14,15). The molecule has 0 fully saturated rings. The molecule has 1 aromatic rings. The van der Waals surface area contributed by atoms with Crippen molar-refractivity contribution in [1.29, 1.82) is 5.26 Å². The second-order valence-electron chi connectivity index (χ2n) is 4.25. The second kappa shape index (κ2) is 7.35. The maximum Gasteiger partial charge on any atom is 0.416 e. The summed E-state index contributed by atoms with van der Waals surface area (Å²) in [6.45, 7) is 2.25. The lowest BCUT2D eigenvalue weighted by atomic mass is 10.2. The minimum Gasteiger partial charge on any atom is -0.490 e. The van der Waals surface area contributed by atoms with Gasteiger partial charge in [0.1, 0.15) is 5.69 Å². The molecule has 8 heteroatoms. The van der Waals surface area contributed by atoms with Crippen molar-refractivity contribution in [3.05, 3.63) is 5.69 Å². The Balaban J connectivity index is 2.73. The van der Waals surface area contributed by atoms with Crippen LogP contribution in [0.3, 0.4) is 0 Å². The lowest BCUT2D eigenvalue weighted by molar-refractivity contribution is 0.156. The van der Waals surface area contributed by atoms with Gasteiger partial charge in [0.05, 0.1) is 25.7 Å². The summed E-state index contributed by atoms with van der Waals surface area (Å²) in [5.41, 5.74) is 0.575. The molecular weight excluding hydrogens is 264 g/mol. The van der Waals surface area contributed by atoms with Crippen molar-refractivity contribution >= 4 is 6.09 Å². The first-order valence-electron chi connectivity index (χ1n) is 5.96. The first-order valence-corrected chi connectivity index (χ1v) is 5.96. The Morgan fingerprint density at radius 1 is 1.55 bits per heavy atom. The smallest absolute Gasteiger partial charge is 0.416 e. The highest BCUT2D eigenvalue weighted by molar-refractivity contribution is 5.70. The minimum absolute atomic E-state index is 0.0426. The Hall–Kier alpha value is -2.27. The van der Waals surface area contributed by atoms with E-state index in [0.717, 1.165) is 0 Å². The van der Waals surface area contributed by atoms with Crippen LogP contribution in [0.4, 0.5) is 4.79 Å². The summed E-state index contributed by atoms with van der Waals surface area (Å²) < 4.78 is 15.2. The molecule has 0 aliphatic rings. The van der Waals surface area contributed by atoms with Crippen LogP contribution >= 0.6 is 0 Å². The van der Waals surface area contributed by atoms with Crippen LogP contribution < -0.4 is 9.47 Å². The maximum absolute atomic E-state index is 11.9. The number of nitrogens with one attached hydrogen (secondary N) is 1. The molecule has 8 nitrogen and oxygen atoms in total. The lowest BCUT2D eigenvalue weighted by Crippen LogP contribution is -2.33. The van der Waals surface area contributed by atoms with Crippen LogP contribution in [0.2, 0.25) is 0 Å². The van der Waals surface area contributed by atoms with Crippen molar-refractivity contribution in [2.45, 2.75) is 13.5 Å². The molecule has 0 aliphatic heterocycles. The number of aromatic nitrogens is 2. The van der Waals surface area contributed by atoms with Gasteiger partial charge in [0.15, 0.2) is 0 Å². The van der Waals surface area contributed by atoms with E-state index in [-0.39, 0.29) is 24.9 Å². The van der Waals surface area contributed by atoms with E-state index in [1.54, 1.807) is 14.0 Å². The van der Waals surface area contributed by atoms with Gasteiger partial charge >= 0.3 is 6.09 Å². The highest BCUT2D eigenvalue weighted by atomic mass is 16.6. The van der Waals surface area contributed by atoms with Crippen LogP contribution in [0.1, 0.15) is 12.6 Å². The van der Waals surface area contributed by atoms with Gasteiger partial charge in [0, 0.05) is 20.7 Å². The fourth-order valence-electron chi connectivity index (χ4n) is 1.56. The Morgan fingerprint density at radius 2 is 2.25 bits per heavy atom. The van der Waals surface area contributed by atoms with E-state index >= 15 is 0 Å². The SMILES string of the molecule is COCc1[nH]nc(OC(=O)N(C)CC(C)C#N)c1OC. The average molecular weight is 282 g/mol. The van der Waals surface area contributed by atoms with Gasteiger partial charge in [-0.25, -0.2) is 4.79 Å². The van der Waals surface area contributed by atoms with Crippen molar-refractivity contribution in [1.82, 2.24) is 15.1 Å². The second-order valence-corrected chi connectivity index (χ2v) is 4.25. The molecule has 1 rings (SSSR count). The summed E-state index contributed by atoms with van der Waals surface area (Å²) in [5.74, 6) is 0.0839. The third kappa shape index (κ3) is 3.86. The average Bonchev–Trinajstić information content (AvgIpc) is 2.80. The molecule has 0 aromatic carbocycles. The van der Waals surface area contributed by atoms with E-state index in [4.69, 9.17) is 19.5 Å². The van der Waals surface area contributed by atoms with Crippen LogP contribution in [-0.2, 0) is 11.3 Å². The van der Waals surface area contributed by atoms with E-state index < -0.39 is 6.09 Å². The van der Waals surface area contributed by atoms with Crippen LogP contribution in [0, 0.1) is 17.2 Å². The molecule has 0 spiro atoms. The summed E-state index contributed by atoms with van der Waals surface area (Å²) in [6.07, 6.45) is -0.610. The third-order valence-corrected chi connectivity index (χ3v) is 2.52. The number of nitrogens with zero attached hydrogens (tertiary/aromatic N) is 3. The highest BCUT2D eigenvalue weighted by Crippen LogP contribution is 2.28. The molecule has 20 heavy (non-hydrogen) atoms. The fraction of sp³-hybridized carbons (Fsp3) is 0.583. The number of carbonyl (C=O) groups is 1. The highest BCUT2D eigenvalue weighted by Gasteiger charge is 2.21. The maximum atomic E-state index is 11.9. The molecule has 1 N–H and O–H groups in total. The zero-order chi connectivity index (χ0) is 15.1. The first kappa shape index (κ1) is 15.8. The van der Waals surface area contributed by atoms with Crippen molar-refractivity contribution in [2.24, 2.45) is 5.92 Å². The van der Waals surface area contributed by atoms with Crippen molar-refractivity contribution in [2.75, 3.05) is 27.8 Å². The molecule has 0 saturated carbocycles. The summed E-state index contributed by atoms with van der Waals surface area (Å²) in [7, 11) is 4.53. The van der Waals surface area contributed by atoms with Gasteiger partial charge in [0.2, 0.25) is 5.75 Å². The zero-order valence-electron chi connectivity index (χ0n) is 12.0. The first-order chi connectivity index (χ1) is 9.53. The molecule has 1 unspecified atom stereocenters. The van der Waals surface area contributed by atoms with E-state index in [1.165, 1.54) is 19.1 Å². The molecule has 1 aromatic heterocycles. The summed E-state index contributed by atoms with van der Waals surface area (Å²) in [4.78, 5) is 13.2. The van der Waals surface area contributed by atoms with Crippen LogP contribution in [0.25, 0.3) is 0 Å². The lowest BCUT2D eigenvalue weighted by Gasteiger charge is -2.17. The Kier molecular flexibility index (Phi) is 5.80. The molecule has 1 atom stereocenters. The number of hydrogen-bond donors (Lipinski definition) is 1. The molecule has 1 heterocycles. The number of H-pyrrole nitrogens is 1. The quantitative estimate of drug-likeness (QED) is 0.840. The predicted molar refractivity (Wildman–Crippen MR) is 69.3 cm³/mol. The van der Waals surface area contributed by atoms with Gasteiger partial charge in [-0.1, -0.05) is 0 Å². The van der Waals surface area contributed by atoms with Gasteiger partial charge in [-0.05, 0) is 6.92 Å². The van der Waals surface area contributed by atoms with Crippen LogP contribution in [0.15, 0.2) is 0 Å². The molecule has 1 amide bonds. The number of aromatic amines is 1. The number of ether oxygens (including phenoxy) is 3. The number of hydrogen-bond acceptors (Lipinski definition) is 6. The predicted octanol–water partition coefficient (Wildman–Crippen LogP) is 1.15. The third-order valence-electron chi connectivity index (χ3n) is 2.52. The van der Waals surface area contributed by atoms with Crippen LogP contribution in [0.5, 0.6) is 11.6 Å². The Labute approximate surface area is 117 Å². The Bertz CT molecular complexity index is 494. The monoisotopic (exact) mass is 282 g/mol. The van der Waals surface area contributed by atoms with E-state index in [9.17, 15) is 4.79 Å². The van der Waals surface area contributed by atoms with Gasteiger partial charge in [-0.3, -0.25) is 5.10 Å². The summed E-state index contributed by atoms with van der Waals surface area (Å²) in [6, 6.07) is 2.05. The number of carbonyl (C=O) groups excluding carboxylic acids is 1. The summed E-state index contributed by atoms with van der Waals surface area (Å²) in [5, 5.41) is 15.3. The topological polar surface area (TPSA) is 100 Å². The van der Waals surface area contributed by atoms with Gasteiger partial charge in [-0.15, -0.1) is 5.10 Å². The van der Waals surface area contributed by atoms with Crippen LogP contribution in [-0.4, -0.2) is 49.0 Å². The number of amides is 1. The number of nitriles is 1. The number of methoxy groups -OCH3 is 2. The number of rotatable bonds is 6. The van der Waals surface area contributed by atoms with E-state index in [1.807, 2.05) is 6.07 Å². The largest absolute Gasteiger partial charge is 0.490 e. The van der Waals surface area contributed by atoms with Gasteiger partial charge < -0.3 is 19.1 Å². The molecule has 0 bridgehead atoms. The van der Waals surface area contributed by atoms with Gasteiger partial charge in [0.25, 0.3) is 5.88 Å². The van der Waals surface area contributed by atoms with Gasteiger partial charge in [-0.2, -0.15) is 5.26 Å². The van der Waals surface area contributed by atoms with E-state index in [0.29, 0.717) is 11.4 Å². The molecule has 0 saturated heterocycles. The van der Waals surface area contributed by atoms with E-state index in [2.05, 4.69) is 10.2 Å². The van der Waals surface area contributed by atoms with Crippen molar-refractivity contribution in [3.8, 4) is 17.7 Å². The molecular formula is C12H18N4O4. The normalized spacial score (nSPS) is 11.6. The Morgan fingerprint density at radius 3 is 2.80 bits per heavy atom. The van der Waals surface area contributed by atoms with Crippen molar-refractivity contribution in [3.63, 3.8) is 0 Å². The minimum atomic E-state index is -0.610. The molecule has 0 radical (unpaired) electrons. The molecule has 0 aliphatic carbocycles. The van der Waals surface area contributed by atoms with Crippen molar-refractivity contribution < 1.29 is 19.0 Å².